The molecular formula is C25H33N5O2S. The number of amides is 1. The number of morpholine rings is 1. The second-order valence-electron chi connectivity index (χ2n) is 8.65. The average Bonchev–Trinajstić information content (AvgIpc) is 3.54. The van der Waals surface area contributed by atoms with E-state index in [1.807, 2.05) is 23.0 Å². The number of carbonyl (C=O) groups excluding carboxylic acids is 1. The molecule has 176 valence electrons. The summed E-state index contributed by atoms with van der Waals surface area (Å²) in [6.45, 7) is 12.2. The molecular weight excluding hydrogens is 434 g/mol. The van der Waals surface area contributed by atoms with Gasteiger partial charge in [-0.15, -0.1) is 11.3 Å². The summed E-state index contributed by atoms with van der Waals surface area (Å²) in [5.41, 5.74) is 3.23. The van der Waals surface area contributed by atoms with Gasteiger partial charge in [-0.05, 0) is 56.8 Å². The fraction of sp³-hybridized carbons (Fsp3) is 0.440. The Hall–Kier alpha value is -2.68. The van der Waals surface area contributed by atoms with E-state index in [1.165, 1.54) is 4.88 Å². The second-order valence-corrected chi connectivity index (χ2v) is 9.63. The van der Waals surface area contributed by atoms with E-state index >= 15 is 0 Å². The van der Waals surface area contributed by atoms with Gasteiger partial charge in [0.15, 0.2) is 0 Å². The highest BCUT2D eigenvalue weighted by molar-refractivity contribution is 7.10. The van der Waals surface area contributed by atoms with Crippen molar-refractivity contribution in [3.8, 4) is 5.82 Å². The third kappa shape index (κ3) is 5.29. The van der Waals surface area contributed by atoms with Crippen LogP contribution >= 0.6 is 11.3 Å². The highest BCUT2D eigenvalue weighted by atomic mass is 32.1. The summed E-state index contributed by atoms with van der Waals surface area (Å²) in [5, 5.41) is 9.66. The van der Waals surface area contributed by atoms with Gasteiger partial charge in [-0.2, -0.15) is 5.10 Å². The molecule has 3 aromatic rings. The van der Waals surface area contributed by atoms with E-state index in [4.69, 9.17) is 4.74 Å². The molecule has 1 saturated heterocycles. The summed E-state index contributed by atoms with van der Waals surface area (Å²) in [4.78, 5) is 16.4. The lowest BCUT2D eigenvalue weighted by molar-refractivity contribution is -0.116. The van der Waals surface area contributed by atoms with Gasteiger partial charge in [-0.1, -0.05) is 6.07 Å². The van der Waals surface area contributed by atoms with E-state index in [9.17, 15) is 4.79 Å². The number of nitrogens with one attached hydrogen (secondary N) is 1. The minimum absolute atomic E-state index is 0.0816. The monoisotopic (exact) mass is 467 g/mol. The van der Waals surface area contributed by atoms with Crippen LogP contribution < -0.4 is 5.32 Å². The van der Waals surface area contributed by atoms with Gasteiger partial charge in [0.25, 0.3) is 0 Å². The van der Waals surface area contributed by atoms with Crippen molar-refractivity contribution in [2.24, 2.45) is 0 Å². The summed E-state index contributed by atoms with van der Waals surface area (Å²) in [5.74, 6) is 0.954. The molecule has 4 rings (SSSR count). The van der Waals surface area contributed by atoms with Crippen molar-refractivity contribution in [3.63, 3.8) is 0 Å². The molecule has 1 N–H and O–H groups in total. The molecule has 1 atom stereocenters. The van der Waals surface area contributed by atoms with Gasteiger partial charge in [-0.25, -0.2) is 4.68 Å². The van der Waals surface area contributed by atoms with Crippen molar-refractivity contribution in [1.82, 2.24) is 24.6 Å². The Balaban J connectivity index is 1.45. The van der Waals surface area contributed by atoms with Crippen molar-refractivity contribution in [2.75, 3.05) is 32.8 Å². The number of aromatic nitrogens is 3. The van der Waals surface area contributed by atoms with Gasteiger partial charge >= 0.3 is 0 Å². The maximum absolute atomic E-state index is 12.7. The van der Waals surface area contributed by atoms with Crippen molar-refractivity contribution in [2.45, 2.75) is 39.8 Å². The van der Waals surface area contributed by atoms with E-state index in [1.54, 1.807) is 17.4 Å². The van der Waals surface area contributed by atoms with E-state index in [0.717, 1.165) is 49.1 Å². The Bertz CT molecular complexity index is 1090. The van der Waals surface area contributed by atoms with Crippen LogP contribution in [-0.2, 0) is 9.53 Å². The van der Waals surface area contributed by atoms with Crippen molar-refractivity contribution >= 4 is 23.3 Å². The number of hydrogen-bond acceptors (Lipinski definition) is 5. The quantitative estimate of drug-likeness (QED) is 0.506. The second kappa shape index (κ2) is 10.5. The first kappa shape index (κ1) is 23.5. The summed E-state index contributed by atoms with van der Waals surface area (Å²) >= 11 is 1.73. The van der Waals surface area contributed by atoms with Crippen LogP contribution in [0.3, 0.4) is 0 Å². The minimum atomic E-state index is -0.0816. The maximum atomic E-state index is 12.7. The fourth-order valence-corrected chi connectivity index (χ4v) is 5.25. The SMILES string of the molecule is Cc1cc(/C=C/C(=O)NCC(c2cccs2)N2CCOCC2)c(C)n1-c1ccnn1C(C)C. The zero-order valence-electron chi connectivity index (χ0n) is 19.8. The summed E-state index contributed by atoms with van der Waals surface area (Å²) < 4.78 is 9.71. The number of ether oxygens (including phenoxy) is 1. The van der Waals surface area contributed by atoms with Crippen LogP contribution in [0.4, 0.5) is 0 Å². The first-order chi connectivity index (χ1) is 16.0. The molecule has 4 heterocycles. The van der Waals surface area contributed by atoms with Crippen LogP contribution in [0.1, 0.15) is 47.8 Å². The molecule has 0 saturated carbocycles. The molecule has 8 heteroatoms. The summed E-state index contributed by atoms with van der Waals surface area (Å²) in [7, 11) is 0. The molecule has 0 aliphatic carbocycles. The lowest BCUT2D eigenvalue weighted by Crippen LogP contribution is -2.43. The minimum Gasteiger partial charge on any atom is -0.379 e. The largest absolute Gasteiger partial charge is 0.379 e. The topological polar surface area (TPSA) is 64.3 Å². The van der Waals surface area contributed by atoms with E-state index < -0.39 is 0 Å². The molecule has 3 aromatic heterocycles. The molecule has 0 aromatic carbocycles. The molecule has 1 unspecified atom stereocenters. The molecule has 1 aliphatic heterocycles. The molecule has 0 spiro atoms. The molecule has 33 heavy (non-hydrogen) atoms. The lowest BCUT2D eigenvalue weighted by Gasteiger charge is -2.34. The number of nitrogens with zero attached hydrogens (tertiary/aromatic N) is 4. The molecule has 0 bridgehead atoms. The predicted octanol–water partition coefficient (Wildman–Crippen LogP) is 4.14. The van der Waals surface area contributed by atoms with E-state index in [-0.39, 0.29) is 18.0 Å². The van der Waals surface area contributed by atoms with Gasteiger partial charge < -0.3 is 14.6 Å². The highest BCUT2D eigenvalue weighted by Gasteiger charge is 2.23. The van der Waals surface area contributed by atoms with Crippen molar-refractivity contribution in [3.05, 3.63) is 63.7 Å². The Kier molecular flexibility index (Phi) is 7.47. The molecule has 1 aliphatic rings. The Labute approximate surface area is 199 Å². The standard InChI is InChI=1S/C25H33N5O2S/c1-18(2)30-25(9-10-27-30)29-19(3)16-21(20(29)4)7-8-24(31)26-17-22(23-6-5-15-33-23)28-11-13-32-14-12-28/h5-10,15-16,18,22H,11-14,17H2,1-4H3,(H,26,31)/b8-7+. The first-order valence-corrected chi connectivity index (χ1v) is 12.4. The van der Waals surface area contributed by atoms with Crippen LogP contribution in [0.25, 0.3) is 11.9 Å². The van der Waals surface area contributed by atoms with Gasteiger partial charge in [0, 0.05) is 54.1 Å². The average molecular weight is 468 g/mol. The van der Waals surface area contributed by atoms with Gasteiger partial charge in [0.05, 0.1) is 25.5 Å². The van der Waals surface area contributed by atoms with Crippen LogP contribution in [0.2, 0.25) is 0 Å². The Morgan fingerprint density at radius 3 is 2.76 bits per heavy atom. The third-order valence-electron chi connectivity index (χ3n) is 6.08. The fourth-order valence-electron chi connectivity index (χ4n) is 4.39. The van der Waals surface area contributed by atoms with Crippen molar-refractivity contribution in [1.29, 1.82) is 0 Å². The smallest absolute Gasteiger partial charge is 0.244 e. The van der Waals surface area contributed by atoms with Gasteiger partial charge in [-0.3, -0.25) is 9.69 Å². The summed E-state index contributed by atoms with van der Waals surface area (Å²) in [6, 6.07) is 8.78. The third-order valence-corrected chi connectivity index (χ3v) is 7.05. The zero-order valence-corrected chi connectivity index (χ0v) is 20.6. The van der Waals surface area contributed by atoms with E-state index in [0.29, 0.717) is 6.54 Å². The maximum Gasteiger partial charge on any atom is 0.244 e. The normalized spacial score (nSPS) is 16.0. The predicted molar refractivity (Wildman–Crippen MR) is 133 cm³/mol. The first-order valence-electron chi connectivity index (χ1n) is 11.5. The highest BCUT2D eigenvalue weighted by Crippen LogP contribution is 2.26. The lowest BCUT2D eigenvalue weighted by atomic mass is 10.2. The number of thiophene rings is 1. The van der Waals surface area contributed by atoms with E-state index in [2.05, 4.69) is 71.2 Å². The number of aryl methyl sites for hydroxylation is 1. The number of carbonyl (C=O) groups is 1. The van der Waals surface area contributed by atoms with Gasteiger partial charge in [0.1, 0.15) is 5.82 Å². The molecule has 7 nitrogen and oxygen atoms in total. The van der Waals surface area contributed by atoms with Crippen LogP contribution in [0.15, 0.2) is 41.9 Å². The van der Waals surface area contributed by atoms with Crippen LogP contribution in [0.5, 0.6) is 0 Å². The molecule has 1 amide bonds. The van der Waals surface area contributed by atoms with Crippen LogP contribution in [0, 0.1) is 13.8 Å². The summed E-state index contributed by atoms with van der Waals surface area (Å²) in [6.07, 6.45) is 5.37. The number of rotatable bonds is 8. The molecule has 0 radical (unpaired) electrons. The number of hydrogen-bond donors (Lipinski definition) is 1. The zero-order chi connectivity index (χ0) is 23.4. The van der Waals surface area contributed by atoms with Gasteiger partial charge in [0.2, 0.25) is 5.91 Å². The Morgan fingerprint density at radius 1 is 1.27 bits per heavy atom. The molecule has 1 fully saturated rings. The van der Waals surface area contributed by atoms with Crippen LogP contribution in [-0.4, -0.2) is 58.0 Å². The van der Waals surface area contributed by atoms with Crippen molar-refractivity contribution < 1.29 is 9.53 Å². The Morgan fingerprint density at radius 2 is 2.06 bits per heavy atom.